The summed E-state index contributed by atoms with van der Waals surface area (Å²) in [6.07, 6.45) is 4.27. The van der Waals surface area contributed by atoms with E-state index in [0.29, 0.717) is 11.4 Å². The quantitative estimate of drug-likeness (QED) is 0.545. The van der Waals surface area contributed by atoms with Crippen LogP contribution in [-0.4, -0.2) is 25.1 Å². The predicted molar refractivity (Wildman–Crippen MR) is 112 cm³/mol. The van der Waals surface area contributed by atoms with Crippen molar-refractivity contribution < 1.29 is 23.5 Å². The fourth-order valence-electron chi connectivity index (χ4n) is 3.41. The number of halogens is 1. The highest BCUT2D eigenvalue weighted by Gasteiger charge is 2.18. The molecule has 0 aliphatic heterocycles. The summed E-state index contributed by atoms with van der Waals surface area (Å²) in [6.45, 7) is -0.647. The van der Waals surface area contributed by atoms with E-state index in [1.807, 2.05) is 24.3 Å². The summed E-state index contributed by atoms with van der Waals surface area (Å²) < 4.78 is 17.2. The Morgan fingerprint density at radius 2 is 1.90 bits per heavy atom. The van der Waals surface area contributed by atoms with Gasteiger partial charge in [-0.2, -0.15) is 0 Å². The Morgan fingerprint density at radius 1 is 1.07 bits per heavy atom. The van der Waals surface area contributed by atoms with Gasteiger partial charge in [-0.25, -0.2) is 4.79 Å². The Morgan fingerprint density at radius 3 is 2.76 bits per heavy atom. The lowest BCUT2D eigenvalue weighted by Gasteiger charge is -2.10. The van der Waals surface area contributed by atoms with Crippen LogP contribution in [-0.2, 0) is 27.2 Å². The number of esters is 1. The number of benzene rings is 2. The molecule has 0 spiro atoms. The zero-order chi connectivity index (χ0) is 20.2. The van der Waals surface area contributed by atoms with Crippen LogP contribution < -0.4 is 10.1 Å². The van der Waals surface area contributed by atoms with E-state index in [0.717, 1.165) is 46.9 Å². The normalized spacial score (nSPS) is 13.0. The van der Waals surface area contributed by atoms with E-state index in [2.05, 4.69) is 21.2 Å². The molecular formula is C22H20BrNO5. The number of ether oxygens (including phenoxy) is 2. The molecule has 29 heavy (non-hydrogen) atoms. The molecule has 0 bridgehead atoms. The molecule has 0 fully saturated rings. The first-order valence-electron chi connectivity index (χ1n) is 9.47. The second-order valence-electron chi connectivity index (χ2n) is 6.85. The van der Waals surface area contributed by atoms with E-state index < -0.39 is 11.9 Å². The number of amides is 1. The number of para-hydroxylation sites is 1. The molecule has 0 saturated carbocycles. The van der Waals surface area contributed by atoms with Crippen molar-refractivity contribution in [2.75, 3.05) is 18.5 Å². The molecule has 7 heteroatoms. The van der Waals surface area contributed by atoms with Crippen LogP contribution in [0.15, 0.2) is 51.4 Å². The van der Waals surface area contributed by atoms with E-state index in [-0.39, 0.29) is 13.2 Å². The summed E-state index contributed by atoms with van der Waals surface area (Å²) >= 11 is 3.34. The van der Waals surface area contributed by atoms with E-state index in [1.165, 1.54) is 5.56 Å². The maximum absolute atomic E-state index is 11.9. The topological polar surface area (TPSA) is 77.8 Å². The first-order valence-corrected chi connectivity index (χ1v) is 10.3. The van der Waals surface area contributed by atoms with Gasteiger partial charge in [0.1, 0.15) is 17.1 Å². The van der Waals surface area contributed by atoms with Crippen molar-refractivity contribution in [1.82, 2.24) is 0 Å². The highest BCUT2D eigenvalue weighted by Crippen LogP contribution is 2.33. The SMILES string of the molecule is O=C(COC(=O)COc1ccc2oc3c(c2c1)CCCC3)Nc1ccccc1Br. The first kappa shape index (κ1) is 19.5. The van der Waals surface area contributed by atoms with E-state index >= 15 is 0 Å². The fraction of sp³-hybridized carbons (Fsp3) is 0.273. The second-order valence-corrected chi connectivity index (χ2v) is 7.70. The first-order chi connectivity index (χ1) is 14.1. The number of anilines is 1. The fourth-order valence-corrected chi connectivity index (χ4v) is 3.79. The highest BCUT2D eigenvalue weighted by molar-refractivity contribution is 9.10. The van der Waals surface area contributed by atoms with Crippen LogP contribution in [0.2, 0.25) is 0 Å². The third kappa shape index (κ3) is 4.62. The molecule has 1 aliphatic rings. The van der Waals surface area contributed by atoms with Gasteiger partial charge in [0.25, 0.3) is 5.91 Å². The molecule has 0 unspecified atom stereocenters. The minimum absolute atomic E-state index is 0.270. The molecule has 150 valence electrons. The Labute approximate surface area is 176 Å². The molecule has 1 heterocycles. The van der Waals surface area contributed by atoms with Crippen LogP contribution in [0.1, 0.15) is 24.2 Å². The third-order valence-electron chi connectivity index (χ3n) is 4.80. The zero-order valence-corrected chi connectivity index (χ0v) is 17.3. The number of furan rings is 1. The number of aryl methyl sites for hydroxylation is 2. The van der Waals surface area contributed by atoms with Gasteiger partial charge in [-0.05, 0) is 65.5 Å². The van der Waals surface area contributed by atoms with Gasteiger partial charge in [-0.3, -0.25) is 4.79 Å². The van der Waals surface area contributed by atoms with Crippen LogP contribution in [0.5, 0.6) is 5.75 Å². The Hall–Kier alpha value is -2.80. The van der Waals surface area contributed by atoms with Crippen molar-refractivity contribution in [2.24, 2.45) is 0 Å². The van der Waals surface area contributed by atoms with Crippen LogP contribution >= 0.6 is 15.9 Å². The highest BCUT2D eigenvalue weighted by atomic mass is 79.9. The number of rotatable bonds is 6. The molecule has 4 rings (SSSR count). The van der Waals surface area contributed by atoms with Crippen LogP contribution in [0, 0.1) is 0 Å². The van der Waals surface area contributed by atoms with Crippen molar-refractivity contribution in [2.45, 2.75) is 25.7 Å². The van der Waals surface area contributed by atoms with Gasteiger partial charge in [-0.15, -0.1) is 0 Å². The minimum atomic E-state index is -0.610. The maximum Gasteiger partial charge on any atom is 0.344 e. The van der Waals surface area contributed by atoms with Crippen molar-refractivity contribution in [3.05, 3.63) is 58.3 Å². The Balaban J connectivity index is 1.29. The summed E-state index contributed by atoms with van der Waals surface area (Å²) in [5.41, 5.74) is 2.69. The number of nitrogens with one attached hydrogen (secondary N) is 1. The Kier molecular flexibility index (Phi) is 5.85. The molecule has 6 nitrogen and oxygen atoms in total. The summed E-state index contributed by atoms with van der Waals surface area (Å²) in [4.78, 5) is 23.9. The molecule has 1 amide bonds. The van der Waals surface area contributed by atoms with Crippen LogP contribution in [0.25, 0.3) is 11.0 Å². The molecule has 1 N–H and O–H groups in total. The summed E-state index contributed by atoms with van der Waals surface area (Å²) in [5, 5.41) is 3.71. The predicted octanol–water partition coefficient (Wildman–Crippen LogP) is 4.63. The number of fused-ring (bicyclic) bond motifs is 3. The van der Waals surface area contributed by atoms with Gasteiger partial charge < -0.3 is 19.2 Å². The molecule has 2 aromatic carbocycles. The lowest BCUT2D eigenvalue weighted by Crippen LogP contribution is -2.23. The zero-order valence-electron chi connectivity index (χ0n) is 15.7. The number of hydrogen-bond donors (Lipinski definition) is 1. The maximum atomic E-state index is 11.9. The molecule has 0 radical (unpaired) electrons. The standard InChI is InChI=1S/C22H20BrNO5/c23-17-6-2-3-7-18(17)24-21(25)12-28-22(26)13-27-14-9-10-20-16(11-14)15-5-1-4-8-19(15)29-20/h2-3,6-7,9-11H,1,4-5,8,12-13H2,(H,24,25). The molecule has 0 saturated heterocycles. The molecular weight excluding hydrogens is 438 g/mol. The largest absolute Gasteiger partial charge is 0.482 e. The van der Waals surface area contributed by atoms with Crippen molar-refractivity contribution in [3.63, 3.8) is 0 Å². The lowest BCUT2D eigenvalue weighted by atomic mass is 9.96. The summed E-state index contributed by atoms with van der Waals surface area (Å²) in [5.74, 6) is 0.596. The van der Waals surface area contributed by atoms with Gasteiger partial charge >= 0.3 is 5.97 Å². The second kappa shape index (κ2) is 8.69. The number of carbonyl (C=O) groups is 2. The average molecular weight is 458 g/mol. The number of hydrogen-bond acceptors (Lipinski definition) is 5. The third-order valence-corrected chi connectivity index (χ3v) is 5.49. The van der Waals surface area contributed by atoms with Crippen molar-refractivity contribution >= 4 is 44.5 Å². The smallest absolute Gasteiger partial charge is 0.344 e. The van der Waals surface area contributed by atoms with Gasteiger partial charge in [0, 0.05) is 21.8 Å². The van der Waals surface area contributed by atoms with Crippen molar-refractivity contribution in [1.29, 1.82) is 0 Å². The van der Waals surface area contributed by atoms with Crippen molar-refractivity contribution in [3.8, 4) is 5.75 Å². The minimum Gasteiger partial charge on any atom is -0.482 e. The van der Waals surface area contributed by atoms with Crippen LogP contribution in [0.4, 0.5) is 5.69 Å². The lowest BCUT2D eigenvalue weighted by molar-refractivity contribution is -0.149. The summed E-state index contributed by atoms with van der Waals surface area (Å²) in [6, 6.07) is 12.7. The monoisotopic (exact) mass is 457 g/mol. The van der Waals surface area contributed by atoms with Gasteiger partial charge in [0.15, 0.2) is 13.2 Å². The van der Waals surface area contributed by atoms with Gasteiger partial charge in [0.2, 0.25) is 0 Å². The molecule has 3 aromatic rings. The molecule has 0 atom stereocenters. The van der Waals surface area contributed by atoms with E-state index in [4.69, 9.17) is 13.9 Å². The molecule has 1 aliphatic carbocycles. The average Bonchev–Trinajstić information content (AvgIpc) is 3.10. The van der Waals surface area contributed by atoms with Gasteiger partial charge in [0.05, 0.1) is 5.69 Å². The van der Waals surface area contributed by atoms with Crippen LogP contribution in [0.3, 0.4) is 0 Å². The number of carbonyl (C=O) groups excluding carboxylic acids is 2. The molecule has 1 aromatic heterocycles. The Bertz CT molecular complexity index is 1060. The summed E-state index contributed by atoms with van der Waals surface area (Å²) in [7, 11) is 0. The van der Waals surface area contributed by atoms with E-state index in [1.54, 1.807) is 18.2 Å². The van der Waals surface area contributed by atoms with E-state index in [9.17, 15) is 9.59 Å². The van der Waals surface area contributed by atoms with Gasteiger partial charge in [-0.1, -0.05) is 12.1 Å².